The molecule has 0 spiro atoms. The quantitative estimate of drug-likeness (QED) is 0.724. The summed E-state index contributed by atoms with van der Waals surface area (Å²) in [5, 5.41) is 0. The Bertz CT molecular complexity index is 151. The Morgan fingerprint density at radius 2 is 1.77 bits per heavy atom. The molecule has 1 atom stereocenters. The molecule has 0 aromatic carbocycles. The second-order valence-electron chi connectivity index (χ2n) is 4.13. The highest BCUT2D eigenvalue weighted by atomic mass is 16.5. The summed E-state index contributed by atoms with van der Waals surface area (Å²) in [5.74, 6) is 0. The molecule has 1 aliphatic rings. The smallest absolute Gasteiger partial charge is 0.0877 e. The highest BCUT2D eigenvalue weighted by molar-refractivity contribution is 4.91. The maximum atomic E-state index is 5.97. The molecule has 0 bridgehead atoms. The minimum Gasteiger partial charge on any atom is -0.381 e. The summed E-state index contributed by atoms with van der Waals surface area (Å²) in [4.78, 5) is 0. The van der Waals surface area contributed by atoms with Crippen molar-refractivity contribution in [3.05, 3.63) is 0 Å². The molecule has 0 amide bonds. The third-order valence-electron chi connectivity index (χ3n) is 2.64. The first-order valence-electron chi connectivity index (χ1n) is 5.08. The summed E-state index contributed by atoms with van der Waals surface area (Å²) in [6, 6.07) is 0.0822. The van der Waals surface area contributed by atoms with Crippen LogP contribution in [0, 0.1) is 0 Å². The summed E-state index contributed by atoms with van der Waals surface area (Å²) < 4.78 is 11.3. The summed E-state index contributed by atoms with van der Waals surface area (Å²) in [5.41, 5.74) is 5.82. The Hall–Kier alpha value is -0.120. The van der Waals surface area contributed by atoms with E-state index in [0.29, 0.717) is 0 Å². The number of rotatable bonds is 3. The minimum absolute atomic E-state index is 0.0822. The molecule has 13 heavy (non-hydrogen) atoms. The van der Waals surface area contributed by atoms with Crippen molar-refractivity contribution in [2.24, 2.45) is 5.73 Å². The summed E-state index contributed by atoms with van der Waals surface area (Å²) >= 11 is 0. The fourth-order valence-electron chi connectivity index (χ4n) is 1.87. The highest BCUT2D eigenvalue weighted by Crippen LogP contribution is 2.29. The molecule has 0 radical (unpaired) electrons. The zero-order chi connectivity index (χ0) is 9.90. The van der Waals surface area contributed by atoms with Gasteiger partial charge < -0.3 is 15.2 Å². The van der Waals surface area contributed by atoms with Crippen LogP contribution in [-0.2, 0) is 9.47 Å². The standard InChI is InChI=1S/C10H21NO2/c1-8(2)13-10(9(3)11)4-6-12-7-5-10/h8-9H,4-7,11H2,1-3H3. The van der Waals surface area contributed by atoms with E-state index in [1.165, 1.54) is 0 Å². The number of hydrogen-bond donors (Lipinski definition) is 1. The van der Waals surface area contributed by atoms with Gasteiger partial charge in [0.1, 0.15) is 0 Å². The molecule has 1 heterocycles. The van der Waals surface area contributed by atoms with E-state index in [1.807, 2.05) is 6.92 Å². The first-order valence-corrected chi connectivity index (χ1v) is 5.08. The topological polar surface area (TPSA) is 44.5 Å². The zero-order valence-corrected chi connectivity index (χ0v) is 8.88. The third-order valence-corrected chi connectivity index (χ3v) is 2.64. The number of ether oxygens (including phenoxy) is 2. The van der Waals surface area contributed by atoms with Crippen molar-refractivity contribution in [2.45, 2.75) is 51.4 Å². The largest absolute Gasteiger partial charge is 0.381 e. The molecule has 78 valence electrons. The number of hydrogen-bond acceptors (Lipinski definition) is 3. The second-order valence-corrected chi connectivity index (χ2v) is 4.13. The van der Waals surface area contributed by atoms with E-state index < -0.39 is 0 Å². The van der Waals surface area contributed by atoms with Crippen molar-refractivity contribution in [3.8, 4) is 0 Å². The number of nitrogens with two attached hydrogens (primary N) is 1. The molecule has 2 N–H and O–H groups in total. The highest BCUT2D eigenvalue weighted by Gasteiger charge is 2.37. The summed E-state index contributed by atoms with van der Waals surface area (Å²) in [6.07, 6.45) is 2.08. The Morgan fingerprint density at radius 1 is 1.23 bits per heavy atom. The average Bonchev–Trinajstić information content (AvgIpc) is 2.04. The minimum atomic E-state index is -0.146. The van der Waals surface area contributed by atoms with Crippen LogP contribution < -0.4 is 5.73 Å². The van der Waals surface area contributed by atoms with Gasteiger partial charge in [0.05, 0.1) is 11.7 Å². The molecule has 1 rings (SSSR count). The molecule has 0 aliphatic carbocycles. The maximum Gasteiger partial charge on any atom is 0.0877 e. The van der Waals surface area contributed by atoms with Crippen molar-refractivity contribution in [2.75, 3.05) is 13.2 Å². The van der Waals surface area contributed by atoms with E-state index in [2.05, 4.69) is 13.8 Å². The Labute approximate surface area is 80.6 Å². The van der Waals surface area contributed by atoms with Gasteiger partial charge in [-0.15, -0.1) is 0 Å². The van der Waals surface area contributed by atoms with Crippen LogP contribution in [-0.4, -0.2) is 31.0 Å². The first-order chi connectivity index (χ1) is 6.07. The van der Waals surface area contributed by atoms with Crippen molar-refractivity contribution in [3.63, 3.8) is 0 Å². The molecule has 1 aliphatic heterocycles. The predicted octanol–water partition coefficient (Wildman–Crippen LogP) is 1.31. The fraction of sp³-hybridized carbons (Fsp3) is 1.00. The van der Waals surface area contributed by atoms with Gasteiger partial charge >= 0.3 is 0 Å². The van der Waals surface area contributed by atoms with Gasteiger partial charge in [-0.3, -0.25) is 0 Å². The Kier molecular flexibility index (Phi) is 3.71. The predicted molar refractivity (Wildman–Crippen MR) is 52.7 cm³/mol. The Balaban J connectivity index is 2.61. The van der Waals surface area contributed by atoms with Crippen LogP contribution in [0.1, 0.15) is 33.6 Å². The van der Waals surface area contributed by atoms with Crippen molar-refractivity contribution in [1.82, 2.24) is 0 Å². The molecule has 3 heteroatoms. The molecule has 0 aromatic rings. The molecule has 0 saturated carbocycles. The monoisotopic (exact) mass is 187 g/mol. The van der Waals surface area contributed by atoms with Crippen LogP contribution in [0.15, 0.2) is 0 Å². The van der Waals surface area contributed by atoms with E-state index in [-0.39, 0.29) is 17.7 Å². The van der Waals surface area contributed by atoms with Crippen LogP contribution >= 0.6 is 0 Å². The SMILES string of the molecule is CC(C)OC1(C(C)N)CCOCC1. The lowest BCUT2D eigenvalue weighted by Gasteiger charge is -2.41. The third kappa shape index (κ3) is 2.66. The van der Waals surface area contributed by atoms with Crippen LogP contribution in [0.5, 0.6) is 0 Å². The van der Waals surface area contributed by atoms with E-state index in [9.17, 15) is 0 Å². The lowest BCUT2D eigenvalue weighted by Crippen LogP contribution is -2.53. The van der Waals surface area contributed by atoms with E-state index in [0.717, 1.165) is 26.1 Å². The molecular weight excluding hydrogens is 166 g/mol. The van der Waals surface area contributed by atoms with Crippen LogP contribution in [0.2, 0.25) is 0 Å². The van der Waals surface area contributed by atoms with Crippen LogP contribution in [0.4, 0.5) is 0 Å². The maximum absolute atomic E-state index is 5.97. The lowest BCUT2D eigenvalue weighted by atomic mass is 9.87. The van der Waals surface area contributed by atoms with Crippen LogP contribution in [0.25, 0.3) is 0 Å². The van der Waals surface area contributed by atoms with Gasteiger partial charge in [-0.1, -0.05) is 0 Å². The molecule has 1 saturated heterocycles. The molecule has 1 fully saturated rings. The van der Waals surface area contributed by atoms with Crippen molar-refractivity contribution >= 4 is 0 Å². The lowest BCUT2D eigenvalue weighted by molar-refractivity contribution is -0.143. The summed E-state index contributed by atoms with van der Waals surface area (Å²) in [7, 11) is 0. The first kappa shape index (κ1) is 11.0. The van der Waals surface area contributed by atoms with Gasteiger partial charge in [-0.05, 0) is 20.8 Å². The fourth-order valence-corrected chi connectivity index (χ4v) is 1.87. The van der Waals surface area contributed by atoms with Gasteiger partial charge in [0.25, 0.3) is 0 Å². The van der Waals surface area contributed by atoms with E-state index in [1.54, 1.807) is 0 Å². The van der Waals surface area contributed by atoms with E-state index >= 15 is 0 Å². The zero-order valence-electron chi connectivity index (χ0n) is 8.88. The summed E-state index contributed by atoms with van der Waals surface area (Å²) in [6.45, 7) is 7.68. The second kappa shape index (κ2) is 4.40. The molecular formula is C10H21NO2. The van der Waals surface area contributed by atoms with Gasteiger partial charge in [0.2, 0.25) is 0 Å². The van der Waals surface area contributed by atoms with Gasteiger partial charge in [-0.25, -0.2) is 0 Å². The van der Waals surface area contributed by atoms with Gasteiger partial charge in [-0.2, -0.15) is 0 Å². The van der Waals surface area contributed by atoms with Crippen molar-refractivity contribution < 1.29 is 9.47 Å². The molecule has 1 unspecified atom stereocenters. The van der Waals surface area contributed by atoms with Crippen molar-refractivity contribution in [1.29, 1.82) is 0 Å². The normalized spacial score (nSPS) is 24.7. The van der Waals surface area contributed by atoms with Crippen LogP contribution in [0.3, 0.4) is 0 Å². The molecule has 3 nitrogen and oxygen atoms in total. The Morgan fingerprint density at radius 3 is 2.15 bits per heavy atom. The molecule has 0 aromatic heterocycles. The van der Waals surface area contributed by atoms with E-state index in [4.69, 9.17) is 15.2 Å². The van der Waals surface area contributed by atoms with Gasteiger partial charge in [0, 0.05) is 32.1 Å². The average molecular weight is 187 g/mol. The van der Waals surface area contributed by atoms with Gasteiger partial charge in [0.15, 0.2) is 0 Å².